The van der Waals surface area contributed by atoms with Gasteiger partial charge in [0.1, 0.15) is 5.82 Å². The van der Waals surface area contributed by atoms with Crippen LogP contribution in [0.4, 0.5) is 17.2 Å². The van der Waals surface area contributed by atoms with E-state index in [1.807, 2.05) is 38.4 Å². The molecular formula is C25H23N3. The molecule has 138 valence electrons. The fourth-order valence-corrected chi connectivity index (χ4v) is 3.55. The minimum Gasteiger partial charge on any atom is -0.388 e. The molecule has 0 aliphatic rings. The first-order valence-corrected chi connectivity index (χ1v) is 9.45. The third kappa shape index (κ3) is 3.35. The normalized spacial score (nSPS) is 11.4. The lowest BCUT2D eigenvalue weighted by atomic mass is 10.1. The van der Waals surface area contributed by atoms with E-state index in [1.165, 1.54) is 10.8 Å². The Labute approximate surface area is 166 Å². The smallest absolute Gasteiger partial charge is 0.137 e. The third-order valence-corrected chi connectivity index (χ3v) is 4.86. The summed E-state index contributed by atoms with van der Waals surface area (Å²) in [7, 11) is 1.95. The van der Waals surface area contributed by atoms with Gasteiger partial charge < -0.3 is 5.32 Å². The maximum atomic E-state index is 4.65. The molecule has 0 spiro atoms. The second-order valence-corrected chi connectivity index (χ2v) is 6.52. The van der Waals surface area contributed by atoms with Gasteiger partial charge in [-0.15, -0.1) is 0 Å². The highest BCUT2D eigenvalue weighted by Crippen LogP contribution is 2.38. The van der Waals surface area contributed by atoms with Crippen LogP contribution < -0.4 is 10.2 Å². The monoisotopic (exact) mass is 365 g/mol. The number of pyridine rings is 1. The molecule has 1 N–H and O–H groups in total. The predicted octanol–water partition coefficient (Wildman–Crippen LogP) is 6.28. The van der Waals surface area contributed by atoms with Gasteiger partial charge in [0.2, 0.25) is 0 Å². The largest absolute Gasteiger partial charge is 0.388 e. The Bertz CT molecular complexity index is 1110. The molecule has 0 atom stereocenters. The summed E-state index contributed by atoms with van der Waals surface area (Å²) in [6.07, 6.45) is 3.92. The van der Waals surface area contributed by atoms with Crippen molar-refractivity contribution in [1.29, 1.82) is 0 Å². The first kappa shape index (κ1) is 17.8. The van der Waals surface area contributed by atoms with Crippen LogP contribution in [0.5, 0.6) is 0 Å². The molecule has 0 fully saturated rings. The number of allylic oxidation sites excluding steroid dienone is 1. The van der Waals surface area contributed by atoms with Crippen LogP contribution >= 0.6 is 0 Å². The van der Waals surface area contributed by atoms with Crippen LogP contribution in [0.25, 0.3) is 16.5 Å². The molecule has 0 unspecified atom stereocenters. The number of anilines is 3. The molecule has 1 heterocycles. The Balaban J connectivity index is 1.95. The summed E-state index contributed by atoms with van der Waals surface area (Å²) in [4.78, 5) is 6.87. The molecule has 3 nitrogen and oxygen atoms in total. The minimum absolute atomic E-state index is 0.891. The molecule has 0 saturated heterocycles. The SMILES string of the molecule is C/C=C(\NC)c1cccc(N(c2ccccn2)c2cccc3ccccc23)c1. The molecule has 0 aliphatic carbocycles. The summed E-state index contributed by atoms with van der Waals surface area (Å²) in [5.41, 5.74) is 4.42. The lowest BCUT2D eigenvalue weighted by Crippen LogP contribution is -2.12. The molecule has 4 aromatic rings. The molecule has 0 saturated carbocycles. The van der Waals surface area contributed by atoms with Crippen LogP contribution in [-0.2, 0) is 0 Å². The number of rotatable bonds is 5. The Kier molecular flexibility index (Phi) is 5.07. The van der Waals surface area contributed by atoms with Crippen molar-refractivity contribution in [1.82, 2.24) is 10.3 Å². The molecule has 0 radical (unpaired) electrons. The van der Waals surface area contributed by atoms with Gasteiger partial charge in [0, 0.05) is 30.0 Å². The van der Waals surface area contributed by atoms with E-state index in [4.69, 9.17) is 0 Å². The van der Waals surface area contributed by atoms with Crippen LogP contribution in [0.15, 0.2) is 97.2 Å². The third-order valence-electron chi connectivity index (χ3n) is 4.86. The molecule has 0 bridgehead atoms. The van der Waals surface area contributed by atoms with Gasteiger partial charge in [0.15, 0.2) is 0 Å². The van der Waals surface area contributed by atoms with E-state index < -0.39 is 0 Å². The van der Waals surface area contributed by atoms with Gasteiger partial charge in [0.05, 0.1) is 5.69 Å². The fraction of sp³-hybridized carbons (Fsp3) is 0.0800. The molecule has 3 heteroatoms. The van der Waals surface area contributed by atoms with Crippen LogP contribution in [0.1, 0.15) is 12.5 Å². The minimum atomic E-state index is 0.891. The molecule has 0 aliphatic heterocycles. The van der Waals surface area contributed by atoms with Gasteiger partial charge in [-0.2, -0.15) is 0 Å². The first-order valence-electron chi connectivity index (χ1n) is 9.45. The van der Waals surface area contributed by atoms with Gasteiger partial charge in [-0.1, -0.05) is 60.7 Å². The van der Waals surface area contributed by atoms with Crippen molar-refractivity contribution in [3.63, 3.8) is 0 Å². The van der Waals surface area contributed by atoms with Crippen molar-refractivity contribution >= 4 is 33.7 Å². The Morgan fingerprint density at radius 1 is 0.893 bits per heavy atom. The summed E-state index contributed by atoms with van der Waals surface area (Å²) in [6, 6.07) is 29.4. The highest BCUT2D eigenvalue weighted by atomic mass is 15.2. The van der Waals surface area contributed by atoms with E-state index in [0.717, 1.165) is 28.5 Å². The Hall–Kier alpha value is -3.59. The summed E-state index contributed by atoms with van der Waals surface area (Å²) in [5.74, 6) is 0.891. The van der Waals surface area contributed by atoms with Crippen LogP contribution in [0, 0.1) is 0 Å². The van der Waals surface area contributed by atoms with E-state index in [9.17, 15) is 0 Å². The molecular weight excluding hydrogens is 342 g/mol. The predicted molar refractivity (Wildman–Crippen MR) is 119 cm³/mol. The van der Waals surface area contributed by atoms with Crippen molar-refractivity contribution in [2.45, 2.75) is 6.92 Å². The molecule has 0 amide bonds. The lowest BCUT2D eigenvalue weighted by molar-refractivity contribution is 1.12. The second kappa shape index (κ2) is 7.97. The van der Waals surface area contributed by atoms with Crippen molar-refractivity contribution in [2.75, 3.05) is 11.9 Å². The van der Waals surface area contributed by atoms with Gasteiger partial charge >= 0.3 is 0 Å². The van der Waals surface area contributed by atoms with Gasteiger partial charge in [-0.25, -0.2) is 4.98 Å². The molecule has 28 heavy (non-hydrogen) atoms. The van der Waals surface area contributed by atoms with Crippen molar-refractivity contribution < 1.29 is 0 Å². The van der Waals surface area contributed by atoms with Crippen molar-refractivity contribution in [3.05, 3.63) is 103 Å². The topological polar surface area (TPSA) is 28.2 Å². The van der Waals surface area contributed by atoms with Crippen LogP contribution in [0.2, 0.25) is 0 Å². The number of aromatic nitrogens is 1. The Morgan fingerprint density at radius 3 is 2.46 bits per heavy atom. The average molecular weight is 365 g/mol. The standard InChI is InChI=1S/C25H23N3/c1-3-23(26-2)20-12-8-13-21(18-20)28(25-16-6-7-17-27-25)24-15-9-11-19-10-4-5-14-22(19)24/h3-18,26H,1-2H3/b23-3-. The summed E-state index contributed by atoms with van der Waals surface area (Å²) in [5, 5.41) is 5.68. The van der Waals surface area contributed by atoms with E-state index in [0.29, 0.717) is 0 Å². The zero-order chi connectivity index (χ0) is 19.3. The Morgan fingerprint density at radius 2 is 1.68 bits per heavy atom. The molecule has 3 aromatic carbocycles. The first-order chi connectivity index (χ1) is 13.8. The molecule has 1 aromatic heterocycles. The van der Waals surface area contributed by atoms with Gasteiger partial charge in [-0.05, 0) is 48.2 Å². The number of hydrogen-bond donors (Lipinski definition) is 1. The van der Waals surface area contributed by atoms with E-state index in [2.05, 4.69) is 88.0 Å². The highest BCUT2D eigenvalue weighted by molar-refractivity contribution is 5.98. The van der Waals surface area contributed by atoms with Crippen LogP contribution in [0.3, 0.4) is 0 Å². The number of hydrogen-bond acceptors (Lipinski definition) is 3. The maximum Gasteiger partial charge on any atom is 0.137 e. The van der Waals surface area contributed by atoms with Crippen LogP contribution in [-0.4, -0.2) is 12.0 Å². The van der Waals surface area contributed by atoms with Crippen molar-refractivity contribution in [2.24, 2.45) is 0 Å². The molecule has 4 rings (SSSR count). The van der Waals surface area contributed by atoms with E-state index in [-0.39, 0.29) is 0 Å². The number of nitrogens with zero attached hydrogens (tertiary/aromatic N) is 2. The highest BCUT2D eigenvalue weighted by Gasteiger charge is 2.16. The van der Waals surface area contributed by atoms with E-state index in [1.54, 1.807) is 0 Å². The van der Waals surface area contributed by atoms with Gasteiger partial charge in [0.25, 0.3) is 0 Å². The fourth-order valence-electron chi connectivity index (χ4n) is 3.55. The quantitative estimate of drug-likeness (QED) is 0.451. The average Bonchev–Trinajstić information content (AvgIpc) is 2.76. The van der Waals surface area contributed by atoms with Gasteiger partial charge in [-0.3, -0.25) is 4.90 Å². The second-order valence-electron chi connectivity index (χ2n) is 6.52. The number of benzene rings is 3. The maximum absolute atomic E-state index is 4.65. The lowest BCUT2D eigenvalue weighted by Gasteiger charge is -2.26. The summed E-state index contributed by atoms with van der Waals surface area (Å²) in [6.45, 7) is 2.04. The number of fused-ring (bicyclic) bond motifs is 1. The number of nitrogens with one attached hydrogen (secondary N) is 1. The zero-order valence-electron chi connectivity index (χ0n) is 16.1. The summed E-state index contributed by atoms with van der Waals surface area (Å²) >= 11 is 0. The van der Waals surface area contributed by atoms with Crippen molar-refractivity contribution in [3.8, 4) is 0 Å². The van der Waals surface area contributed by atoms with E-state index >= 15 is 0 Å². The summed E-state index contributed by atoms with van der Waals surface area (Å²) < 4.78 is 0. The zero-order valence-corrected chi connectivity index (χ0v) is 16.1.